The normalized spacial score (nSPS) is 16.5. The fraction of sp³-hybridized carbons (Fsp3) is 1.00. The van der Waals surface area contributed by atoms with Gasteiger partial charge in [-0.2, -0.15) is 11.8 Å². The van der Waals surface area contributed by atoms with E-state index in [0.717, 1.165) is 25.3 Å². The lowest BCUT2D eigenvalue weighted by molar-refractivity contribution is 0.0253. The molecular formula is C9H21NOS. The van der Waals surface area contributed by atoms with Crippen molar-refractivity contribution in [3.63, 3.8) is 0 Å². The number of rotatable bonds is 6. The molecule has 0 amide bonds. The van der Waals surface area contributed by atoms with Crippen LogP contribution >= 0.6 is 11.8 Å². The Bertz CT molecular complexity index is 117. The number of likely N-dealkylation sites (N-methyl/N-ethyl adjacent to an activating group) is 1. The highest BCUT2D eigenvalue weighted by atomic mass is 32.2. The summed E-state index contributed by atoms with van der Waals surface area (Å²) in [6.07, 6.45) is 2.92. The molecular weight excluding hydrogens is 170 g/mol. The van der Waals surface area contributed by atoms with E-state index in [0.29, 0.717) is 0 Å². The molecule has 0 bridgehead atoms. The van der Waals surface area contributed by atoms with Gasteiger partial charge in [0, 0.05) is 18.8 Å². The van der Waals surface area contributed by atoms with Gasteiger partial charge in [0.25, 0.3) is 0 Å². The highest BCUT2D eigenvalue weighted by Gasteiger charge is 2.19. The molecule has 3 heteroatoms. The summed E-state index contributed by atoms with van der Waals surface area (Å²) in [5.74, 6) is 1.14. The molecule has 0 fully saturated rings. The molecule has 0 aliphatic rings. The summed E-state index contributed by atoms with van der Waals surface area (Å²) in [4.78, 5) is 2.18. The lowest BCUT2D eigenvalue weighted by Crippen LogP contribution is -2.39. The molecule has 0 heterocycles. The fourth-order valence-electron chi connectivity index (χ4n) is 1.02. The van der Waals surface area contributed by atoms with Crippen molar-refractivity contribution in [1.29, 1.82) is 0 Å². The van der Waals surface area contributed by atoms with Gasteiger partial charge >= 0.3 is 0 Å². The largest absolute Gasteiger partial charge is 0.389 e. The van der Waals surface area contributed by atoms with Crippen molar-refractivity contribution in [2.75, 3.05) is 32.1 Å². The molecule has 0 rings (SSSR count). The van der Waals surface area contributed by atoms with Crippen LogP contribution in [0.2, 0.25) is 0 Å². The van der Waals surface area contributed by atoms with E-state index in [1.165, 1.54) is 0 Å². The number of thioether (sulfide) groups is 1. The molecule has 0 aromatic heterocycles. The van der Waals surface area contributed by atoms with E-state index in [1.807, 2.05) is 25.6 Å². The van der Waals surface area contributed by atoms with Crippen molar-refractivity contribution in [3.8, 4) is 0 Å². The predicted molar refractivity (Wildman–Crippen MR) is 56.8 cm³/mol. The smallest absolute Gasteiger partial charge is 0.0743 e. The van der Waals surface area contributed by atoms with Gasteiger partial charge < -0.3 is 10.0 Å². The molecule has 1 unspecified atom stereocenters. The first-order valence-electron chi connectivity index (χ1n) is 4.41. The molecule has 0 aliphatic heterocycles. The second-order valence-electron chi connectivity index (χ2n) is 3.58. The fourth-order valence-corrected chi connectivity index (χ4v) is 1.51. The van der Waals surface area contributed by atoms with E-state index in [9.17, 15) is 5.11 Å². The van der Waals surface area contributed by atoms with Crippen LogP contribution in [0.15, 0.2) is 0 Å². The van der Waals surface area contributed by atoms with Crippen molar-refractivity contribution < 1.29 is 5.11 Å². The topological polar surface area (TPSA) is 23.5 Å². The summed E-state index contributed by atoms with van der Waals surface area (Å²) in [5, 5.41) is 9.74. The number of hydrogen-bond donors (Lipinski definition) is 1. The van der Waals surface area contributed by atoms with E-state index in [1.54, 1.807) is 0 Å². The highest BCUT2D eigenvalue weighted by molar-refractivity contribution is 7.98. The van der Waals surface area contributed by atoms with Crippen molar-refractivity contribution in [2.45, 2.75) is 25.9 Å². The van der Waals surface area contributed by atoms with Crippen LogP contribution in [0.5, 0.6) is 0 Å². The average molecular weight is 191 g/mol. The Balaban J connectivity index is 3.60. The second-order valence-corrected chi connectivity index (χ2v) is 4.57. The van der Waals surface area contributed by atoms with Gasteiger partial charge in [0.05, 0.1) is 5.60 Å². The Hall–Kier alpha value is 0.270. The van der Waals surface area contributed by atoms with Crippen LogP contribution in [0, 0.1) is 0 Å². The Morgan fingerprint density at radius 2 is 2.08 bits per heavy atom. The first-order valence-corrected chi connectivity index (χ1v) is 5.81. The maximum absolute atomic E-state index is 9.74. The first-order chi connectivity index (χ1) is 5.52. The lowest BCUT2D eigenvalue weighted by atomic mass is 10.0. The molecule has 0 saturated carbocycles. The minimum atomic E-state index is -0.521. The van der Waals surface area contributed by atoms with Crippen LogP contribution in [0.4, 0.5) is 0 Å². The quantitative estimate of drug-likeness (QED) is 0.687. The van der Waals surface area contributed by atoms with Gasteiger partial charge in [-0.3, -0.25) is 0 Å². The molecule has 0 radical (unpaired) electrons. The standard InChI is InChI=1S/C9H21NOS/c1-5-9(2,11)8-10(3)6-7-12-4/h11H,5-8H2,1-4H3. The Labute approximate surface area is 80.3 Å². The lowest BCUT2D eigenvalue weighted by Gasteiger charge is -2.27. The molecule has 1 atom stereocenters. The van der Waals surface area contributed by atoms with E-state index in [2.05, 4.69) is 18.2 Å². The SMILES string of the molecule is CCC(C)(O)CN(C)CCSC. The first kappa shape index (κ1) is 12.3. The minimum absolute atomic E-state index is 0.521. The van der Waals surface area contributed by atoms with E-state index in [4.69, 9.17) is 0 Å². The van der Waals surface area contributed by atoms with Crippen LogP contribution in [0.1, 0.15) is 20.3 Å². The third kappa shape index (κ3) is 5.86. The summed E-state index contributed by atoms with van der Waals surface area (Å²) in [7, 11) is 2.06. The van der Waals surface area contributed by atoms with Crippen LogP contribution < -0.4 is 0 Å². The molecule has 0 aromatic rings. The Morgan fingerprint density at radius 1 is 1.50 bits per heavy atom. The zero-order valence-corrected chi connectivity index (χ0v) is 9.45. The van der Waals surface area contributed by atoms with E-state index in [-0.39, 0.29) is 0 Å². The van der Waals surface area contributed by atoms with Crippen molar-refractivity contribution in [3.05, 3.63) is 0 Å². The average Bonchev–Trinajstić information content (AvgIpc) is 2.00. The third-order valence-corrected chi connectivity index (χ3v) is 2.64. The van der Waals surface area contributed by atoms with Gasteiger partial charge in [-0.25, -0.2) is 0 Å². The predicted octanol–water partition coefficient (Wildman–Crippen LogP) is 1.44. The molecule has 0 spiro atoms. The highest BCUT2D eigenvalue weighted by Crippen LogP contribution is 2.09. The van der Waals surface area contributed by atoms with Gasteiger partial charge in [0.1, 0.15) is 0 Å². The van der Waals surface area contributed by atoms with Gasteiger partial charge in [-0.1, -0.05) is 6.92 Å². The van der Waals surface area contributed by atoms with Crippen molar-refractivity contribution >= 4 is 11.8 Å². The van der Waals surface area contributed by atoms with Crippen LogP contribution in [-0.4, -0.2) is 47.8 Å². The minimum Gasteiger partial charge on any atom is -0.389 e. The summed E-state index contributed by atoms with van der Waals surface area (Å²) >= 11 is 1.84. The van der Waals surface area contributed by atoms with Gasteiger partial charge in [-0.05, 0) is 26.6 Å². The number of hydrogen-bond acceptors (Lipinski definition) is 3. The molecule has 12 heavy (non-hydrogen) atoms. The van der Waals surface area contributed by atoms with Crippen molar-refractivity contribution in [1.82, 2.24) is 4.90 Å². The van der Waals surface area contributed by atoms with Crippen LogP contribution in [-0.2, 0) is 0 Å². The summed E-state index contributed by atoms with van der Waals surface area (Å²) < 4.78 is 0. The molecule has 0 aromatic carbocycles. The van der Waals surface area contributed by atoms with Crippen LogP contribution in [0.25, 0.3) is 0 Å². The van der Waals surface area contributed by atoms with Gasteiger partial charge in [-0.15, -0.1) is 0 Å². The molecule has 0 aliphatic carbocycles. The molecule has 1 N–H and O–H groups in total. The van der Waals surface area contributed by atoms with E-state index < -0.39 is 5.60 Å². The molecule has 74 valence electrons. The zero-order chi connectivity index (χ0) is 9.61. The zero-order valence-electron chi connectivity index (χ0n) is 8.63. The summed E-state index contributed by atoms with van der Waals surface area (Å²) in [6.45, 7) is 5.73. The van der Waals surface area contributed by atoms with Crippen molar-refractivity contribution in [2.24, 2.45) is 0 Å². The number of aliphatic hydroxyl groups is 1. The maximum Gasteiger partial charge on any atom is 0.0743 e. The summed E-state index contributed by atoms with van der Waals surface area (Å²) in [6, 6.07) is 0. The Kier molecular flexibility index (Phi) is 5.97. The molecule has 0 saturated heterocycles. The summed E-state index contributed by atoms with van der Waals surface area (Å²) in [5.41, 5.74) is -0.521. The molecule has 2 nitrogen and oxygen atoms in total. The third-order valence-electron chi connectivity index (χ3n) is 2.05. The number of nitrogens with zero attached hydrogens (tertiary/aromatic N) is 1. The van der Waals surface area contributed by atoms with E-state index >= 15 is 0 Å². The van der Waals surface area contributed by atoms with Gasteiger partial charge in [0.15, 0.2) is 0 Å². The second kappa shape index (κ2) is 5.84. The maximum atomic E-state index is 9.74. The monoisotopic (exact) mass is 191 g/mol. The Morgan fingerprint density at radius 3 is 2.50 bits per heavy atom. The van der Waals surface area contributed by atoms with Gasteiger partial charge in [0.2, 0.25) is 0 Å². The van der Waals surface area contributed by atoms with Crippen LogP contribution in [0.3, 0.4) is 0 Å².